The molecule has 316 valence electrons. The number of halogens is 4. The van der Waals surface area contributed by atoms with Crippen molar-refractivity contribution in [1.29, 1.82) is 10.5 Å². The number of unbranched alkanes of at least 4 members (excludes halogenated alkanes) is 1. The highest BCUT2D eigenvalue weighted by Gasteiger charge is 2.11. The van der Waals surface area contributed by atoms with E-state index in [-0.39, 0.29) is 33.0 Å². The number of hydrogen-bond donors (Lipinski definition) is 6. The zero-order valence-corrected chi connectivity index (χ0v) is 35.2. The number of ether oxygens (including phenoxy) is 8. The maximum atomic E-state index is 8.58. The number of nitrogens with two attached hydrogens (primary N) is 4. The number of rotatable bonds is 16. The van der Waals surface area contributed by atoms with Crippen LogP contribution in [0.5, 0.6) is 46.0 Å². The number of anilines is 4. The van der Waals surface area contributed by atoms with Crippen LogP contribution in [0.2, 0.25) is 20.1 Å². The Kier molecular flexibility index (Phi) is 24.4. The Labute approximate surface area is 357 Å². The van der Waals surface area contributed by atoms with Gasteiger partial charge in [-0.2, -0.15) is 10.5 Å². The molecule has 4 rings (SSSR count). The van der Waals surface area contributed by atoms with Gasteiger partial charge in [0, 0.05) is 30.7 Å². The molecule has 0 spiro atoms. The lowest BCUT2D eigenvalue weighted by molar-refractivity contribution is 0.201. The summed E-state index contributed by atoms with van der Waals surface area (Å²) in [6.45, 7) is 0.627. The van der Waals surface area contributed by atoms with Crippen LogP contribution in [-0.4, -0.2) is 78.3 Å². The third-order valence-electron chi connectivity index (χ3n) is 6.82. The molecule has 0 fully saturated rings. The van der Waals surface area contributed by atoms with Gasteiger partial charge < -0.3 is 71.0 Å². The SMILES string of the molecule is COc1cc(OCC#N)c(Cl)cc1N.COc1cc(OCCCC#N)c(Cl)cc1N.COc1cc(OCCO)c(Cl)cc1N.COc1cc(OCCO)c(N)cc1Cl. The third-order valence-corrected chi connectivity index (χ3v) is 8.00. The van der Waals surface area contributed by atoms with Gasteiger partial charge in [0.1, 0.15) is 65.3 Å². The molecular weight excluding hydrogens is 842 g/mol. The summed E-state index contributed by atoms with van der Waals surface area (Å²) < 4.78 is 40.8. The van der Waals surface area contributed by atoms with E-state index in [0.29, 0.717) is 108 Å². The molecule has 0 aliphatic rings. The molecule has 0 aromatic heterocycles. The average molecular weight is 889 g/mol. The van der Waals surface area contributed by atoms with Crippen LogP contribution in [0.15, 0.2) is 48.5 Å². The molecule has 0 aliphatic heterocycles. The van der Waals surface area contributed by atoms with Crippen LogP contribution in [0.1, 0.15) is 12.8 Å². The number of nitrogen functional groups attached to an aromatic ring is 4. The van der Waals surface area contributed by atoms with E-state index >= 15 is 0 Å². The molecule has 0 heterocycles. The molecule has 16 nitrogen and oxygen atoms in total. The number of aliphatic hydroxyl groups is 2. The van der Waals surface area contributed by atoms with Crippen LogP contribution < -0.4 is 60.8 Å². The van der Waals surface area contributed by atoms with E-state index < -0.39 is 0 Å². The molecule has 0 atom stereocenters. The minimum absolute atomic E-state index is 0.0627. The quantitative estimate of drug-likeness (QED) is 0.0486. The highest BCUT2D eigenvalue weighted by Crippen LogP contribution is 2.37. The Morgan fingerprint density at radius 3 is 1.16 bits per heavy atom. The van der Waals surface area contributed by atoms with Crippen molar-refractivity contribution in [2.45, 2.75) is 12.8 Å². The Morgan fingerprint density at radius 2 is 0.793 bits per heavy atom. The van der Waals surface area contributed by atoms with Crippen molar-refractivity contribution in [3.05, 3.63) is 68.6 Å². The van der Waals surface area contributed by atoms with Crippen molar-refractivity contribution < 1.29 is 48.1 Å². The summed E-state index contributed by atoms with van der Waals surface area (Å²) in [7, 11) is 6.04. The van der Waals surface area contributed by atoms with Gasteiger partial charge in [-0.1, -0.05) is 46.4 Å². The van der Waals surface area contributed by atoms with Gasteiger partial charge >= 0.3 is 0 Å². The van der Waals surface area contributed by atoms with E-state index in [2.05, 4.69) is 0 Å². The van der Waals surface area contributed by atoms with Crippen LogP contribution in [-0.2, 0) is 0 Å². The molecule has 10 N–H and O–H groups in total. The third kappa shape index (κ3) is 17.4. The van der Waals surface area contributed by atoms with Crippen molar-refractivity contribution >= 4 is 69.2 Å². The summed E-state index contributed by atoms with van der Waals surface area (Å²) >= 11 is 23.4. The normalized spacial score (nSPS) is 9.66. The summed E-state index contributed by atoms with van der Waals surface area (Å²) in [6.07, 6.45) is 1.13. The monoisotopic (exact) mass is 886 g/mol. The Bertz CT molecular complexity index is 1900. The molecule has 20 heteroatoms. The lowest BCUT2D eigenvalue weighted by Gasteiger charge is -2.10. The van der Waals surface area contributed by atoms with Gasteiger partial charge in [0.25, 0.3) is 0 Å². The molecule has 58 heavy (non-hydrogen) atoms. The first-order chi connectivity index (χ1) is 27.7. The summed E-state index contributed by atoms with van der Waals surface area (Å²) in [6, 6.07) is 16.5. The second kappa shape index (κ2) is 28.0. The van der Waals surface area contributed by atoms with Gasteiger partial charge in [0.05, 0.1) is 97.2 Å². The number of nitrogens with zero attached hydrogens (tertiary/aromatic N) is 2. The number of nitriles is 2. The molecule has 0 amide bonds. The predicted octanol–water partition coefficient (Wildman–Crippen LogP) is 7.05. The first kappa shape index (κ1) is 50.6. The van der Waals surface area contributed by atoms with E-state index in [4.69, 9.17) is 128 Å². The van der Waals surface area contributed by atoms with Crippen molar-refractivity contribution in [3.63, 3.8) is 0 Å². The molecule has 0 saturated carbocycles. The average Bonchev–Trinajstić information content (AvgIpc) is 3.20. The van der Waals surface area contributed by atoms with E-state index in [1.807, 2.05) is 12.1 Å². The number of aliphatic hydroxyl groups excluding tert-OH is 2. The van der Waals surface area contributed by atoms with Gasteiger partial charge in [-0.05, 0) is 30.7 Å². The first-order valence-electron chi connectivity index (χ1n) is 16.7. The second-order valence-electron chi connectivity index (χ2n) is 10.8. The van der Waals surface area contributed by atoms with Crippen LogP contribution in [0.25, 0.3) is 0 Å². The maximum absolute atomic E-state index is 8.58. The molecule has 4 aromatic rings. The highest BCUT2D eigenvalue weighted by atomic mass is 35.5. The number of hydrogen-bond acceptors (Lipinski definition) is 16. The summed E-state index contributed by atoms with van der Waals surface area (Å²) in [4.78, 5) is 0. The van der Waals surface area contributed by atoms with E-state index in [1.165, 1.54) is 34.5 Å². The first-order valence-corrected chi connectivity index (χ1v) is 18.2. The lowest BCUT2D eigenvalue weighted by Crippen LogP contribution is -2.04. The molecule has 4 aromatic carbocycles. The van der Waals surface area contributed by atoms with Gasteiger partial charge in [-0.3, -0.25) is 0 Å². The van der Waals surface area contributed by atoms with Crippen LogP contribution in [0, 0.1) is 22.7 Å². The molecule has 0 bridgehead atoms. The smallest absolute Gasteiger partial charge is 0.174 e. The van der Waals surface area contributed by atoms with Crippen molar-refractivity contribution in [3.8, 4) is 58.1 Å². The molecule has 0 saturated heterocycles. The zero-order chi connectivity index (χ0) is 43.6. The molecule has 0 radical (unpaired) electrons. The van der Waals surface area contributed by atoms with Crippen LogP contribution in [0.3, 0.4) is 0 Å². The summed E-state index contributed by atoms with van der Waals surface area (Å²) in [5.41, 5.74) is 24.3. The minimum atomic E-state index is -0.0664. The van der Waals surface area contributed by atoms with Crippen LogP contribution >= 0.6 is 46.4 Å². The summed E-state index contributed by atoms with van der Waals surface area (Å²) in [5, 5.41) is 35.5. The van der Waals surface area contributed by atoms with Gasteiger partial charge in [0.2, 0.25) is 0 Å². The highest BCUT2D eigenvalue weighted by molar-refractivity contribution is 6.33. The van der Waals surface area contributed by atoms with E-state index in [1.54, 1.807) is 42.5 Å². The van der Waals surface area contributed by atoms with Crippen molar-refractivity contribution in [1.82, 2.24) is 0 Å². The Hall–Kier alpha value is -5.46. The largest absolute Gasteiger partial charge is 0.495 e. The molecule has 0 aliphatic carbocycles. The molecular formula is C38H46Cl4N6O10. The molecule has 0 unspecified atom stereocenters. The topological polar surface area (TPSA) is 266 Å². The predicted molar refractivity (Wildman–Crippen MR) is 226 cm³/mol. The Morgan fingerprint density at radius 1 is 0.466 bits per heavy atom. The fourth-order valence-corrected chi connectivity index (χ4v) is 5.03. The minimum Gasteiger partial charge on any atom is -0.495 e. The summed E-state index contributed by atoms with van der Waals surface area (Å²) in [5.74, 6) is 3.81. The van der Waals surface area contributed by atoms with Crippen molar-refractivity contribution in [2.75, 3.05) is 91.0 Å². The fraction of sp³-hybridized carbons (Fsp3) is 0.316. The van der Waals surface area contributed by atoms with Crippen molar-refractivity contribution in [2.24, 2.45) is 0 Å². The zero-order valence-electron chi connectivity index (χ0n) is 32.2. The fourth-order valence-electron chi connectivity index (χ4n) is 4.10. The van der Waals surface area contributed by atoms with Crippen LogP contribution in [0.4, 0.5) is 22.7 Å². The van der Waals surface area contributed by atoms with Gasteiger partial charge in [0.15, 0.2) is 6.61 Å². The lowest BCUT2D eigenvalue weighted by atomic mass is 10.3. The maximum Gasteiger partial charge on any atom is 0.174 e. The van der Waals surface area contributed by atoms with Gasteiger partial charge in [-0.25, -0.2) is 0 Å². The second-order valence-corrected chi connectivity index (χ2v) is 12.4. The van der Waals surface area contributed by atoms with Gasteiger partial charge in [-0.15, -0.1) is 0 Å². The number of methoxy groups -OCH3 is 4. The Balaban J connectivity index is 0.000000387. The van der Waals surface area contributed by atoms with E-state index in [0.717, 1.165) is 0 Å². The standard InChI is InChI=1S/C11H13ClN2O2.C9H9ClN2O2.2C9H12ClNO3/c1-15-11-7-10(8(12)6-9(11)14)16-5-3-2-4-13;1-13-9-5-8(14-3-2-11)6(10)4-7(9)12;1-13-9-5-8(14-3-2-12)6(10)4-7(9)11;1-13-8-5-9(14-3-2-12)7(11)4-6(8)10/h6-7H,2-3,5,14H2,1H3;4-5H,3,12H2,1H3;2*4-5,12H,2-3,11H2,1H3. The number of benzene rings is 4. The van der Waals surface area contributed by atoms with E-state index in [9.17, 15) is 0 Å².